The summed E-state index contributed by atoms with van der Waals surface area (Å²) in [6.07, 6.45) is 10.4. The van der Waals surface area contributed by atoms with E-state index in [9.17, 15) is 19.7 Å². The number of thiazole rings is 1. The molecule has 8 N–H and O–H groups in total. The van der Waals surface area contributed by atoms with Crippen LogP contribution in [0.4, 0.5) is 4.39 Å². The zero-order valence-corrected chi connectivity index (χ0v) is 56.2. The fourth-order valence-electron chi connectivity index (χ4n) is 14.9. The lowest BCUT2D eigenvalue weighted by Crippen LogP contribution is -2.58. The van der Waals surface area contributed by atoms with Gasteiger partial charge in [-0.25, -0.2) is 14.0 Å². The number of benzene rings is 3. The van der Waals surface area contributed by atoms with Crippen molar-refractivity contribution < 1.29 is 19.7 Å². The molecule has 0 aliphatic carbocycles. The summed E-state index contributed by atoms with van der Waals surface area (Å²) in [7, 11) is 0. The number of phenolic OH excluding ortho intramolecular Hbond substituents is 3. The van der Waals surface area contributed by atoms with Gasteiger partial charge in [0, 0.05) is 67.4 Å². The van der Waals surface area contributed by atoms with Gasteiger partial charge in [-0.3, -0.25) is 15.2 Å². The molecular formula is C67H78FN23O3S. The summed E-state index contributed by atoms with van der Waals surface area (Å²) in [6.45, 7) is 28.4. The number of aromatic hydroxyl groups is 3. The maximum atomic E-state index is 13.8. The second-order valence-corrected chi connectivity index (χ2v) is 30.2. The minimum absolute atomic E-state index is 0.0102. The van der Waals surface area contributed by atoms with Gasteiger partial charge in [0.1, 0.15) is 33.8 Å². The maximum Gasteiger partial charge on any atom is 0.216 e. The normalized spacial score (nSPS) is 18.3. The predicted octanol–water partition coefficient (Wildman–Crippen LogP) is 11.6. The Bertz CT molecular complexity index is 4560. The summed E-state index contributed by atoms with van der Waals surface area (Å²) in [5.74, 6) is -0.315. The van der Waals surface area contributed by atoms with Crippen molar-refractivity contribution in [1.29, 1.82) is 0 Å². The molecule has 12 heterocycles. The molecule has 0 unspecified atom stereocenters. The van der Waals surface area contributed by atoms with Crippen molar-refractivity contribution >= 4 is 44.8 Å². The van der Waals surface area contributed by atoms with Crippen LogP contribution in [0, 0.1) is 12.9 Å². The highest BCUT2D eigenvalue weighted by Gasteiger charge is 2.42. The van der Waals surface area contributed by atoms with Crippen molar-refractivity contribution in [3.63, 3.8) is 0 Å². The van der Waals surface area contributed by atoms with E-state index in [0.29, 0.717) is 72.8 Å². The van der Waals surface area contributed by atoms with E-state index in [0.717, 1.165) is 65.8 Å². The first-order valence-corrected chi connectivity index (χ1v) is 32.6. The quantitative estimate of drug-likeness (QED) is 0.0665. The second kappa shape index (κ2) is 24.0. The van der Waals surface area contributed by atoms with E-state index in [1.165, 1.54) is 23.6 Å². The first kappa shape index (κ1) is 64.1. The molecule has 95 heavy (non-hydrogen) atoms. The van der Waals surface area contributed by atoms with E-state index in [2.05, 4.69) is 186 Å². The molecule has 0 radical (unpaired) electrons. The number of aromatic nitrogens is 20. The third-order valence-electron chi connectivity index (χ3n) is 17.8. The zero-order valence-electron chi connectivity index (χ0n) is 55.4. The van der Waals surface area contributed by atoms with Crippen LogP contribution < -0.4 is 16.0 Å². The van der Waals surface area contributed by atoms with Gasteiger partial charge >= 0.3 is 0 Å². The van der Waals surface area contributed by atoms with E-state index in [1.54, 1.807) is 48.2 Å². The van der Waals surface area contributed by atoms with Crippen LogP contribution in [0.2, 0.25) is 0 Å². The summed E-state index contributed by atoms with van der Waals surface area (Å²) in [6, 6.07) is 21.8. The van der Waals surface area contributed by atoms with Crippen LogP contribution in [-0.4, -0.2) is 150 Å². The van der Waals surface area contributed by atoms with Gasteiger partial charge in [0.05, 0.1) is 63.6 Å². The summed E-state index contributed by atoms with van der Waals surface area (Å²) >= 11 is 1.53. The standard InChI is InChI=1S/C23H28N8O.C22H25FN8O.C22H25N7OS/c1-13-17(12-24-25-13)14-6-7-16(20(32)8-14)18-9-19-21(28-26-18)31(30-27-19)15-10-22(2,3)29-23(4,5)11-15;1-21(2)9-13(10-22(3,4)29-21)31-20-17(26-30-31)8-16(25-28-20)14-6-5-12(7-18(14)32)15-11-24-27-19(15)23;1-21(2)9-14(10-22(3,4)27-21)29-20-17(25-28-29)8-16(24-26-20)15-6-5-13(7-18(15)30)19-11-23-12-31-19/h6-9,12,15,29,32H,10-11H2,1-5H3,(H,24,25);5-8,11,13,29,32H,9-10H2,1-4H3,(H,24,27);5-8,11-12,14,27,30H,9-10H2,1-4H3. The fraction of sp³-hybridized carbons (Fsp3) is 0.418. The van der Waals surface area contributed by atoms with E-state index in [1.807, 2.05) is 57.4 Å². The minimum Gasteiger partial charge on any atom is -0.507 e. The van der Waals surface area contributed by atoms with E-state index >= 15 is 0 Å². The molecule has 28 heteroatoms. The van der Waals surface area contributed by atoms with E-state index < -0.39 is 5.95 Å². The zero-order chi connectivity index (χ0) is 67.1. The van der Waals surface area contributed by atoms with Gasteiger partial charge in [-0.05, 0) is 200 Å². The Morgan fingerprint density at radius 1 is 0.421 bits per heavy atom. The third kappa shape index (κ3) is 13.4. The molecular weight excluding hydrogens is 1230 g/mol. The van der Waals surface area contributed by atoms with Crippen molar-refractivity contribution in [1.82, 2.24) is 117 Å². The van der Waals surface area contributed by atoms with Gasteiger partial charge in [0.15, 0.2) is 0 Å². The topological polar surface area (TPSA) is 336 Å². The van der Waals surface area contributed by atoms with Crippen LogP contribution in [-0.2, 0) is 0 Å². The number of hydrogen-bond donors (Lipinski definition) is 8. The number of nitrogens with one attached hydrogen (secondary N) is 5. The molecule has 3 fully saturated rings. The third-order valence-corrected chi connectivity index (χ3v) is 18.6. The highest BCUT2D eigenvalue weighted by molar-refractivity contribution is 7.13. The molecule has 3 saturated heterocycles. The SMILES string of the molecule is CC1(C)CC(n2nnc3cc(-c4ccc(-c5cn[nH]c5F)cc4O)nnc32)CC(C)(C)N1.CC1(C)CC(n2nnc3cc(-c4ccc(-c5cncs5)cc4O)nnc32)CC(C)(C)N1.Cc1[nH]ncc1-c1ccc(-c2cc3nnn(C4CC(C)(C)NC(C)(C)C4)c3nn2)c(O)c1. The van der Waals surface area contributed by atoms with Gasteiger partial charge in [-0.2, -0.15) is 14.6 Å². The number of H-pyrrole nitrogens is 2. The summed E-state index contributed by atoms with van der Waals surface area (Å²) in [5.41, 5.74) is 13.3. The average Bonchev–Trinajstić information content (AvgIpc) is 1.62. The highest BCUT2D eigenvalue weighted by Crippen LogP contribution is 2.42. The molecule has 3 aliphatic rings. The Kier molecular flexibility index (Phi) is 16.2. The summed E-state index contributed by atoms with van der Waals surface area (Å²) < 4.78 is 19.4. The molecule has 0 atom stereocenters. The van der Waals surface area contributed by atoms with Crippen molar-refractivity contribution in [3.05, 3.63) is 109 Å². The molecule has 3 aliphatic heterocycles. The Labute approximate surface area is 551 Å². The monoisotopic (exact) mass is 1300 g/mol. The van der Waals surface area contributed by atoms with Gasteiger partial charge in [-0.15, -0.1) is 57.2 Å². The molecule has 0 saturated carbocycles. The van der Waals surface area contributed by atoms with Crippen LogP contribution in [0.3, 0.4) is 0 Å². The number of nitrogens with zero attached hydrogens (tertiary/aromatic N) is 18. The van der Waals surface area contributed by atoms with Gasteiger partial charge in [0.25, 0.3) is 0 Å². The Hall–Kier alpha value is -9.64. The molecule has 492 valence electrons. The molecule has 0 spiro atoms. The predicted molar refractivity (Wildman–Crippen MR) is 360 cm³/mol. The smallest absolute Gasteiger partial charge is 0.216 e. The van der Waals surface area contributed by atoms with Crippen molar-refractivity contribution in [2.24, 2.45) is 0 Å². The van der Waals surface area contributed by atoms with E-state index in [-0.39, 0.29) is 74.2 Å². The Morgan fingerprint density at radius 3 is 1.09 bits per heavy atom. The first-order chi connectivity index (χ1) is 44.9. The van der Waals surface area contributed by atoms with Crippen LogP contribution >= 0.6 is 11.3 Å². The number of halogens is 1. The molecule has 0 bridgehead atoms. The average molecular weight is 1300 g/mol. The number of hydrogen-bond acceptors (Lipinski definition) is 22. The summed E-state index contributed by atoms with van der Waals surface area (Å²) in [5, 5.41) is 109. The van der Waals surface area contributed by atoms with Gasteiger partial charge in [0.2, 0.25) is 22.9 Å². The number of piperidine rings is 3. The number of aryl methyl sites for hydroxylation is 1. The number of fused-ring (bicyclic) bond motifs is 3. The van der Waals surface area contributed by atoms with Crippen molar-refractivity contribution in [3.8, 4) is 83.7 Å². The Balaban J connectivity index is 0.000000129. The lowest BCUT2D eigenvalue weighted by atomic mass is 9.79. The molecule has 0 amide bonds. The van der Waals surface area contributed by atoms with Gasteiger partial charge in [-0.1, -0.05) is 33.8 Å². The number of aromatic amines is 2. The first-order valence-electron chi connectivity index (χ1n) is 31.7. The van der Waals surface area contributed by atoms with Crippen LogP contribution in [0.25, 0.3) is 100.0 Å². The van der Waals surface area contributed by atoms with Crippen molar-refractivity contribution in [2.45, 2.75) is 180 Å². The molecule has 15 rings (SSSR count). The van der Waals surface area contributed by atoms with E-state index in [4.69, 9.17) is 0 Å². The number of phenols is 3. The summed E-state index contributed by atoms with van der Waals surface area (Å²) in [4.78, 5) is 5.09. The molecule has 12 aromatic rings. The second-order valence-electron chi connectivity index (χ2n) is 29.3. The maximum absolute atomic E-state index is 13.8. The Morgan fingerprint density at radius 2 is 0.768 bits per heavy atom. The van der Waals surface area contributed by atoms with Crippen LogP contribution in [0.15, 0.2) is 96.9 Å². The number of rotatable bonds is 9. The fourth-order valence-corrected chi connectivity index (χ4v) is 15.5. The van der Waals surface area contributed by atoms with Crippen LogP contribution in [0.1, 0.15) is 145 Å². The minimum atomic E-state index is -0.556. The lowest BCUT2D eigenvalue weighted by Gasteiger charge is -2.46. The van der Waals surface area contributed by atoms with Crippen molar-refractivity contribution in [2.75, 3.05) is 0 Å². The largest absolute Gasteiger partial charge is 0.507 e. The molecule has 26 nitrogen and oxygen atoms in total. The van der Waals surface area contributed by atoms with Crippen LogP contribution in [0.5, 0.6) is 17.2 Å². The lowest BCUT2D eigenvalue weighted by molar-refractivity contribution is 0.126. The highest BCUT2D eigenvalue weighted by atomic mass is 32.1. The molecule has 9 aromatic heterocycles. The van der Waals surface area contributed by atoms with Gasteiger partial charge < -0.3 is 31.3 Å². The molecule has 3 aromatic carbocycles.